The van der Waals surface area contributed by atoms with E-state index in [2.05, 4.69) is 20.6 Å². The predicted molar refractivity (Wildman–Crippen MR) is 110 cm³/mol. The van der Waals surface area contributed by atoms with Crippen LogP contribution in [0.15, 0.2) is 24.4 Å². The van der Waals surface area contributed by atoms with Crippen LogP contribution in [0.1, 0.15) is 60.4 Å². The van der Waals surface area contributed by atoms with Crippen molar-refractivity contribution in [1.82, 2.24) is 15.3 Å². The van der Waals surface area contributed by atoms with Gasteiger partial charge in [-0.3, -0.25) is 9.59 Å². The number of aromatic nitrogens is 2. The van der Waals surface area contributed by atoms with Crippen molar-refractivity contribution >= 4 is 17.6 Å². The highest BCUT2D eigenvalue weighted by atomic mass is 19.3. The molecule has 0 saturated carbocycles. The monoisotopic (exact) mass is 436 g/mol. The Morgan fingerprint density at radius 2 is 2.00 bits per heavy atom. The molecule has 0 aliphatic heterocycles. The van der Waals surface area contributed by atoms with Crippen LogP contribution in [0, 0.1) is 6.92 Å². The zero-order valence-corrected chi connectivity index (χ0v) is 17.8. The minimum atomic E-state index is -3.04. The fraction of sp³-hybridized carbons (Fsp3) is 0.429. The van der Waals surface area contributed by atoms with E-state index in [1.54, 1.807) is 26.8 Å². The number of carbonyl (C=O) groups is 2. The Hall–Kier alpha value is -3.14. The Morgan fingerprint density at radius 3 is 2.61 bits per heavy atom. The largest absolute Gasteiger partial charge is 0.471 e. The molecule has 0 fully saturated rings. The number of halogens is 2. The molecule has 1 atom stereocenters. The number of aliphatic hydroxyl groups excluding tert-OH is 1. The zero-order valence-electron chi connectivity index (χ0n) is 17.8. The second-order valence-corrected chi connectivity index (χ2v) is 7.23. The molecule has 10 heteroatoms. The van der Waals surface area contributed by atoms with Crippen LogP contribution in [0.2, 0.25) is 0 Å². The lowest BCUT2D eigenvalue weighted by molar-refractivity contribution is -0.115. The highest BCUT2D eigenvalue weighted by Crippen LogP contribution is 2.23. The number of carbonyl (C=O) groups excluding carboxylic acids is 2. The maximum Gasteiger partial charge on any atom is 0.278 e. The Kier molecular flexibility index (Phi) is 7.98. The molecule has 2 heterocycles. The van der Waals surface area contributed by atoms with Crippen LogP contribution in [0.3, 0.4) is 0 Å². The quantitative estimate of drug-likeness (QED) is 0.557. The summed E-state index contributed by atoms with van der Waals surface area (Å²) in [6, 6.07) is 4.09. The number of hydrogen-bond donors (Lipinski definition) is 3. The van der Waals surface area contributed by atoms with Gasteiger partial charge in [0.1, 0.15) is 5.82 Å². The molecule has 1 unspecified atom stereocenters. The lowest BCUT2D eigenvalue weighted by Gasteiger charge is -2.18. The second kappa shape index (κ2) is 10.3. The molecule has 168 valence electrons. The molecule has 2 aromatic heterocycles. The van der Waals surface area contributed by atoms with Crippen LogP contribution in [-0.2, 0) is 11.4 Å². The Balaban J connectivity index is 2.14. The molecule has 0 bridgehead atoms. The maximum atomic E-state index is 13.0. The molecule has 0 saturated heterocycles. The van der Waals surface area contributed by atoms with E-state index in [1.807, 2.05) is 0 Å². The van der Waals surface area contributed by atoms with Gasteiger partial charge in [0.15, 0.2) is 6.61 Å². The maximum absolute atomic E-state index is 13.0. The van der Waals surface area contributed by atoms with Gasteiger partial charge in [0, 0.05) is 36.4 Å². The summed E-state index contributed by atoms with van der Waals surface area (Å²) < 4.78 is 31.0. The number of nitrogens with zero attached hydrogens (tertiary/aromatic N) is 2. The molecule has 2 rings (SSSR count). The molecule has 2 amide bonds. The van der Waals surface area contributed by atoms with Gasteiger partial charge in [-0.25, -0.2) is 18.7 Å². The molecule has 31 heavy (non-hydrogen) atoms. The summed E-state index contributed by atoms with van der Waals surface area (Å²) in [5.41, 5.74) is 1.65. The second-order valence-electron chi connectivity index (χ2n) is 7.23. The molecular formula is C21H26F2N4O4. The summed E-state index contributed by atoms with van der Waals surface area (Å²) in [5, 5.41) is 15.0. The van der Waals surface area contributed by atoms with E-state index in [4.69, 9.17) is 4.74 Å². The average molecular weight is 436 g/mol. The number of ether oxygens (including phenoxy) is 1. The molecule has 3 N–H and O–H groups in total. The van der Waals surface area contributed by atoms with E-state index in [0.29, 0.717) is 16.8 Å². The van der Waals surface area contributed by atoms with Crippen LogP contribution in [0.5, 0.6) is 5.88 Å². The van der Waals surface area contributed by atoms with Crippen molar-refractivity contribution < 1.29 is 28.2 Å². The van der Waals surface area contributed by atoms with Crippen molar-refractivity contribution in [3.05, 3.63) is 46.8 Å². The van der Waals surface area contributed by atoms with E-state index in [-0.39, 0.29) is 29.6 Å². The van der Waals surface area contributed by atoms with Gasteiger partial charge in [-0.05, 0) is 37.6 Å². The number of alkyl halides is 2. The van der Waals surface area contributed by atoms with Crippen molar-refractivity contribution in [3.63, 3.8) is 0 Å². The third kappa shape index (κ3) is 7.25. The standard InChI is InChI=1S/C21H26F2N4O4/c1-5-18(29)27-17-8-14(6-12(2)25-17)19(30)26-13(3)15-7-16(10-28)20(24-9-15)31-11-21(4,22)23/h6-9,13,28H,5,10-11H2,1-4H3,(H,26,30)(H,25,27,29). The molecular weight excluding hydrogens is 410 g/mol. The SMILES string of the molecule is CCC(=O)Nc1cc(C(=O)NC(C)c2cnc(OCC(C)(F)F)c(CO)c2)cc(C)n1. The fourth-order valence-corrected chi connectivity index (χ4v) is 2.65. The first-order chi connectivity index (χ1) is 14.5. The number of amides is 2. The molecule has 0 aromatic carbocycles. The van der Waals surface area contributed by atoms with Crippen molar-refractivity contribution in [2.24, 2.45) is 0 Å². The minimum absolute atomic E-state index is 0.0904. The molecule has 0 radical (unpaired) electrons. The van der Waals surface area contributed by atoms with Crippen molar-refractivity contribution in [2.45, 2.75) is 52.7 Å². The van der Waals surface area contributed by atoms with Crippen LogP contribution >= 0.6 is 0 Å². The van der Waals surface area contributed by atoms with Crippen LogP contribution in [0.25, 0.3) is 0 Å². The summed E-state index contributed by atoms with van der Waals surface area (Å²) in [4.78, 5) is 32.5. The lowest BCUT2D eigenvalue weighted by Crippen LogP contribution is -2.27. The zero-order chi connectivity index (χ0) is 23.2. The van der Waals surface area contributed by atoms with E-state index < -0.39 is 31.1 Å². The van der Waals surface area contributed by atoms with Gasteiger partial charge < -0.3 is 20.5 Å². The number of aliphatic hydroxyl groups is 1. The van der Waals surface area contributed by atoms with Gasteiger partial charge in [-0.2, -0.15) is 0 Å². The Labute approximate surface area is 179 Å². The first-order valence-electron chi connectivity index (χ1n) is 9.72. The molecule has 0 aliphatic carbocycles. The van der Waals surface area contributed by atoms with Gasteiger partial charge in [0.05, 0.1) is 12.6 Å². The first-order valence-corrected chi connectivity index (χ1v) is 9.72. The van der Waals surface area contributed by atoms with Gasteiger partial charge in [0.2, 0.25) is 11.8 Å². The number of nitrogens with one attached hydrogen (secondary N) is 2. The van der Waals surface area contributed by atoms with E-state index >= 15 is 0 Å². The van der Waals surface area contributed by atoms with Crippen molar-refractivity contribution in [3.8, 4) is 5.88 Å². The third-order valence-electron chi connectivity index (χ3n) is 4.23. The van der Waals surface area contributed by atoms with Gasteiger partial charge in [-0.15, -0.1) is 0 Å². The Morgan fingerprint density at radius 1 is 1.29 bits per heavy atom. The summed E-state index contributed by atoms with van der Waals surface area (Å²) in [5.74, 6) is -3.47. The topological polar surface area (TPSA) is 113 Å². The molecule has 0 aliphatic rings. The summed E-state index contributed by atoms with van der Waals surface area (Å²) in [6.07, 6.45) is 1.67. The summed E-state index contributed by atoms with van der Waals surface area (Å²) in [6.45, 7) is 4.52. The number of pyridine rings is 2. The van der Waals surface area contributed by atoms with Gasteiger partial charge >= 0.3 is 0 Å². The summed E-state index contributed by atoms with van der Waals surface area (Å²) in [7, 11) is 0. The average Bonchev–Trinajstić information content (AvgIpc) is 2.70. The molecule has 8 nitrogen and oxygen atoms in total. The van der Waals surface area contributed by atoms with Crippen molar-refractivity contribution in [2.75, 3.05) is 11.9 Å². The number of rotatable bonds is 9. The number of hydrogen-bond acceptors (Lipinski definition) is 6. The van der Waals surface area contributed by atoms with Crippen LogP contribution in [0.4, 0.5) is 14.6 Å². The summed E-state index contributed by atoms with van der Waals surface area (Å²) >= 11 is 0. The highest BCUT2D eigenvalue weighted by molar-refractivity contribution is 5.96. The van der Waals surface area contributed by atoms with Crippen molar-refractivity contribution in [1.29, 1.82) is 0 Å². The Bertz CT molecular complexity index is 947. The van der Waals surface area contributed by atoms with E-state index in [1.165, 1.54) is 18.3 Å². The molecule has 0 spiro atoms. The molecule has 2 aromatic rings. The normalized spacial score (nSPS) is 12.2. The number of aryl methyl sites for hydroxylation is 1. The van der Waals surface area contributed by atoms with Crippen LogP contribution < -0.4 is 15.4 Å². The van der Waals surface area contributed by atoms with E-state index in [0.717, 1.165) is 6.92 Å². The van der Waals surface area contributed by atoms with Gasteiger partial charge in [0.25, 0.3) is 11.8 Å². The smallest absolute Gasteiger partial charge is 0.278 e. The third-order valence-corrected chi connectivity index (χ3v) is 4.23. The van der Waals surface area contributed by atoms with Crippen LogP contribution in [-0.4, -0.2) is 39.4 Å². The van der Waals surface area contributed by atoms with E-state index in [9.17, 15) is 23.5 Å². The fourth-order valence-electron chi connectivity index (χ4n) is 2.65. The highest BCUT2D eigenvalue weighted by Gasteiger charge is 2.23. The van der Waals surface area contributed by atoms with Gasteiger partial charge in [-0.1, -0.05) is 6.92 Å². The lowest BCUT2D eigenvalue weighted by atomic mass is 10.1. The minimum Gasteiger partial charge on any atom is -0.471 e. The first kappa shape index (κ1) is 24.1. The number of anilines is 1. The predicted octanol–water partition coefficient (Wildman–Crippen LogP) is 3.15.